The van der Waals surface area contributed by atoms with Crippen LogP contribution in [-0.4, -0.2) is 20.9 Å². The Morgan fingerprint density at radius 2 is 1.93 bits per heavy atom. The summed E-state index contributed by atoms with van der Waals surface area (Å²) < 4.78 is 24.6. The molecule has 0 bridgehead atoms. The van der Waals surface area contributed by atoms with Crippen molar-refractivity contribution in [2.24, 2.45) is 0 Å². The maximum atomic E-state index is 13.0. The van der Waals surface area contributed by atoms with Crippen LogP contribution in [-0.2, 0) is 0 Å². The minimum atomic E-state index is -1.42. The van der Waals surface area contributed by atoms with Gasteiger partial charge in [-0.15, -0.1) is 0 Å². The molecule has 0 saturated heterocycles. The van der Waals surface area contributed by atoms with E-state index in [2.05, 4.69) is 9.78 Å². The van der Waals surface area contributed by atoms with Crippen molar-refractivity contribution in [2.45, 2.75) is 0 Å². The highest BCUT2D eigenvalue weighted by molar-refractivity contribution is 5.45. The van der Waals surface area contributed by atoms with Crippen LogP contribution in [0.3, 0.4) is 0 Å². The molecule has 0 aromatic heterocycles. The highest BCUT2D eigenvalue weighted by Gasteiger charge is 2.18. The summed E-state index contributed by atoms with van der Waals surface area (Å²) in [6.45, 7) is 0. The summed E-state index contributed by atoms with van der Waals surface area (Å²) in [6, 6.07) is 1.63. The van der Waals surface area contributed by atoms with Gasteiger partial charge in [0.25, 0.3) is 0 Å². The van der Waals surface area contributed by atoms with Gasteiger partial charge in [0.2, 0.25) is 17.3 Å². The maximum Gasteiger partial charge on any atom is 0.234 e. The van der Waals surface area contributed by atoms with E-state index in [9.17, 15) is 8.92 Å². The average Bonchev–Trinajstić information content (AvgIpc) is 2.12. The number of nitrogens with zero attached hydrogens (tertiary/aromatic N) is 1. The van der Waals surface area contributed by atoms with Crippen LogP contribution in [0.5, 0.6) is 17.2 Å². The molecule has 0 saturated carbocycles. The number of hydrogen-bond acceptors (Lipinski definition) is 6. The van der Waals surface area contributed by atoms with E-state index >= 15 is 0 Å². The number of phenolic OH excluding ortho intramolecular Hbond substituents is 1. The predicted molar refractivity (Wildman–Crippen MR) is 35.8 cm³/mol. The fourth-order valence-corrected chi connectivity index (χ4v) is 0.756. The molecule has 0 fully saturated rings. The molecule has 6 nitrogen and oxygen atoms in total. The van der Waals surface area contributed by atoms with Crippen LogP contribution < -0.4 is 9.78 Å². The van der Waals surface area contributed by atoms with Crippen molar-refractivity contribution in [3.63, 3.8) is 0 Å². The number of rotatable bonds is 3. The van der Waals surface area contributed by atoms with Gasteiger partial charge in [0.1, 0.15) is 5.39 Å². The van der Waals surface area contributed by atoms with Gasteiger partial charge in [0.05, 0.1) is 0 Å². The van der Waals surface area contributed by atoms with E-state index in [1.807, 2.05) is 0 Å². The Kier molecular flexibility index (Phi) is 3.02. The molecule has 1 rings (SSSR count). The quantitative estimate of drug-likeness (QED) is 0.648. The molecule has 3 N–H and O–H groups in total. The average molecular weight is 209 g/mol. The maximum absolute atomic E-state index is 13.0. The van der Waals surface area contributed by atoms with E-state index < -0.39 is 28.5 Å². The molecule has 0 atom stereocenters. The lowest BCUT2D eigenvalue weighted by atomic mass is 10.3. The highest BCUT2D eigenvalue weighted by Crippen LogP contribution is 2.35. The lowest BCUT2D eigenvalue weighted by molar-refractivity contribution is -0.452. The van der Waals surface area contributed by atoms with Crippen molar-refractivity contribution in [1.29, 1.82) is 0 Å². The van der Waals surface area contributed by atoms with Gasteiger partial charge < -0.3 is 9.94 Å². The highest BCUT2D eigenvalue weighted by atomic mass is 19.3. The van der Waals surface area contributed by atoms with Crippen LogP contribution in [0.2, 0.25) is 0 Å². The topological polar surface area (TPSA) is 82.4 Å². The molecule has 8 heteroatoms. The lowest BCUT2D eigenvalue weighted by Gasteiger charge is -2.10. The standard InChI is InChI=1S/C6H5F2NO5/c7-5-4(13-8)2-1-3(10)6(5)14-9(11)12/h1-2,10-12H. The molecule has 1 aromatic carbocycles. The number of hydrogen-bond donors (Lipinski definition) is 3. The van der Waals surface area contributed by atoms with Crippen LogP contribution >= 0.6 is 0 Å². The summed E-state index contributed by atoms with van der Waals surface area (Å²) in [6.07, 6.45) is 0. The van der Waals surface area contributed by atoms with Crippen LogP contribution in [0.4, 0.5) is 8.92 Å². The third kappa shape index (κ3) is 1.99. The normalized spacial score (nSPS) is 10.4. The Balaban J connectivity index is 3.11. The largest absolute Gasteiger partial charge is 0.504 e. The second-order valence-corrected chi connectivity index (χ2v) is 2.15. The third-order valence-corrected chi connectivity index (χ3v) is 1.30. The van der Waals surface area contributed by atoms with E-state index in [1.165, 1.54) is 0 Å². The molecule has 0 aliphatic carbocycles. The Labute approximate surface area is 75.9 Å². The summed E-state index contributed by atoms with van der Waals surface area (Å²) in [4.78, 5) is 6.97. The summed E-state index contributed by atoms with van der Waals surface area (Å²) in [5.74, 6) is -4.01. The first-order chi connectivity index (χ1) is 6.56. The molecule has 0 unspecified atom stereocenters. The predicted octanol–water partition coefficient (Wildman–Crippen LogP) is 1.17. The molecule has 78 valence electrons. The van der Waals surface area contributed by atoms with E-state index in [4.69, 9.17) is 15.5 Å². The summed E-state index contributed by atoms with van der Waals surface area (Å²) >= 11 is 0. The van der Waals surface area contributed by atoms with Crippen molar-refractivity contribution in [3.05, 3.63) is 17.9 Å². The van der Waals surface area contributed by atoms with Crippen LogP contribution in [0.1, 0.15) is 0 Å². The van der Waals surface area contributed by atoms with Crippen LogP contribution in [0.25, 0.3) is 0 Å². The van der Waals surface area contributed by atoms with Crippen molar-refractivity contribution in [2.75, 3.05) is 0 Å². The molecule has 0 heterocycles. The molecule has 0 radical (unpaired) electrons. The Hall–Kier alpha value is -1.64. The number of benzene rings is 1. The number of halogens is 2. The zero-order chi connectivity index (χ0) is 10.7. The molecule has 14 heavy (non-hydrogen) atoms. The molecule has 0 aliphatic rings. The summed E-state index contributed by atoms with van der Waals surface area (Å²) in [5, 5.41) is 24.5. The zero-order valence-electron chi connectivity index (χ0n) is 6.52. The number of phenols is 1. The van der Waals surface area contributed by atoms with Gasteiger partial charge >= 0.3 is 0 Å². The minimum Gasteiger partial charge on any atom is -0.504 e. The van der Waals surface area contributed by atoms with Gasteiger partial charge in [-0.25, -0.2) is 0 Å². The molecule has 0 aliphatic heterocycles. The van der Waals surface area contributed by atoms with E-state index in [0.717, 1.165) is 12.1 Å². The fourth-order valence-electron chi connectivity index (χ4n) is 0.756. The number of aromatic hydroxyl groups is 1. The van der Waals surface area contributed by atoms with Crippen molar-refractivity contribution < 1.29 is 34.2 Å². The Morgan fingerprint density at radius 1 is 1.29 bits per heavy atom. The van der Waals surface area contributed by atoms with Crippen molar-refractivity contribution >= 4 is 0 Å². The zero-order valence-corrected chi connectivity index (χ0v) is 6.52. The Bertz CT molecular complexity index is 332. The van der Waals surface area contributed by atoms with Gasteiger partial charge in [0.15, 0.2) is 5.75 Å². The molecule has 1 aromatic rings. The van der Waals surface area contributed by atoms with Gasteiger partial charge in [-0.3, -0.25) is 15.4 Å². The van der Waals surface area contributed by atoms with Crippen LogP contribution in [0, 0.1) is 5.82 Å². The Morgan fingerprint density at radius 3 is 2.43 bits per heavy atom. The fraction of sp³-hybridized carbons (Fsp3) is 0. The van der Waals surface area contributed by atoms with E-state index in [0.29, 0.717) is 0 Å². The molecule has 0 amide bonds. The monoisotopic (exact) mass is 209 g/mol. The second-order valence-electron chi connectivity index (χ2n) is 2.15. The molecule has 0 spiro atoms. The smallest absolute Gasteiger partial charge is 0.234 e. The van der Waals surface area contributed by atoms with E-state index in [1.54, 1.807) is 0 Å². The first-order valence-electron chi connectivity index (χ1n) is 3.22. The van der Waals surface area contributed by atoms with Gasteiger partial charge in [-0.2, -0.15) is 4.39 Å². The molecular formula is C6H5F2NO5. The van der Waals surface area contributed by atoms with Gasteiger partial charge in [-0.05, 0) is 12.1 Å². The molecular weight excluding hydrogens is 204 g/mol. The third-order valence-electron chi connectivity index (χ3n) is 1.30. The van der Waals surface area contributed by atoms with E-state index in [-0.39, 0.29) is 0 Å². The van der Waals surface area contributed by atoms with Crippen molar-refractivity contribution in [3.8, 4) is 17.2 Å². The summed E-state index contributed by atoms with van der Waals surface area (Å²) in [7, 11) is 0. The van der Waals surface area contributed by atoms with Gasteiger partial charge in [-0.1, -0.05) is 0 Å². The minimum absolute atomic E-state index is 0.753. The second kappa shape index (κ2) is 4.05. The van der Waals surface area contributed by atoms with Crippen LogP contribution in [0.15, 0.2) is 12.1 Å². The first-order valence-corrected chi connectivity index (χ1v) is 3.22. The van der Waals surface area contributed by atoms with Gasteiger partial charge in [0, 0.05) is 4.53 Å². The first kappa shape index (κ1) is 10.4. The summed E-state index contributed by atoms with van der Waals surface area (Å²) in [5.41, 5.74) is 0. The van der Waals surface area contributed by atoms with Crippen molar-refractivity contribution in [1.82, 2.24) is 5.39 Å². The SMILES string of the molecule is Oc1ccc(OF)c(F)c1ON(O)O. The lowest BCUT2D eigenvalue weighted by Crippen LogP contribution is -2.18.